The quantitative estimate of drug-likeness (QED) is 0.665. The van der Waals surface area contributed by atoms with Crippen LogP contribution in [-0.2, 0) is 0 Å². The number of unbranched alkanes of at least 4 members (excludes halogenated alkanes) is 1. The van der Waals surface area contributed by atoms with Gasteiger partial charge in [0.15, 0.2) is 0 Å². The van der Waals surface area contributed by atoms with E-state index < -0.39 is 0 Å². The van der Waals surface area contributed by atoms with E-state index in [0.29, 0.717) is 5.92 Å². The Hall–Kier alpha value is -0.860. The Morgan fingerprint density at radius 3 is 2.37 bits per heavy atom. The average Bonchev–Trinajstić information content (AvgIpc) is 2.42. The van der Waals surface area contributed by atoms with Crippen LogP contribution in [-0.4, -0.2) is 13.1 Å². The summed E-state index contributed by atoms with van der Waals surface area (Å²) in [5, 5.41) is 3.53. The fourth-order valence-electron chi connectivity index (χ4n) is 2.26. The van der Waals surface area contributed by atoms with E-state index in [0.717, 1.165) is 19.0 Å². The van der Waals surface area contributed by atoms with Gasteiger partial charge in [0.25, 0.3) is 0 Å². The van der Waals surface area contributed by atoms with Crippen molar-refractivity contribution in [1.29, 1.82) is 0 Å². The normalized spacial score (nSPS) is 14.6. The molecule has 1 aromatic carbocycles. The maximum atomic E-state index is 6.28. The molecule has 2 heteroatoms. The summed E-state index contributed by atoms with van der Waals surface area (Å²) >= 11 is 0. The predicted molar refractivity (Wildman–Crippen MR) is 84.1 cm³/mol. The van der Waals surface area contributed by atoms with Crippen LogP contribution >= 0.6 is 0 Å². The van der Waals surface area contributed by atoms with Gasteiger partial charge < -0.3 is 11.1 Å². The van der Waals surface area contributed by atoms with Crippen molar-refractivity contribution in [3.8, 4) is 0 Å². The van der Waals surface area contributed by atoms with Gasteiger partial charge in [-0.1, -0.05) is 63.9 Å². The Morgan fingerprint density at radius 2 is 1.74 bits per heavy atom. The maximum absolute atomic E-state index is 6.28. The van der Waals surface area contributed by atoms with Gasteiger partial charge >= 0.3 is 0 Å². The van der Waals surface area contributed by atoms with Gasteiger partial charge in [0.1, 0.15) is 0 Å². The molecule has 0 radical (unpaired) electrons. The Kier molecular flexibility index (Phi) is 7.76. The minimum Gasteiger partial charge on any atom is -0.324 e. The molecule has 108 valence electrons. The Balaban J connectivity index is 2.15. The van der Waals surface area contributed by atoms with Gasteiger partial charge in [0.05, 0.1) is 0 Å². The Labute approximate surface area is 118 Å². The number of benzene rings is 1. The van der Waals surface area contributed by atoms with Crippen LogP contribution in [0.25, 0.3) is 0 Å². The molecule has 0 bridgehead atoms. The van der Waals surface area contributed by atoms with Gasteiger partial charge in [-0.25, -0.2) is 0 Å². The molecular formula is C17H30N2. The molecule has 0 spiro atoms. The van der Waals surface area contributed by atoms with Crippen LogP contribution in [0, 0.1) is 11.8 Å². The van der Waals surface area contributed by atoms with Crippen molar-refractivity contribution < 1.29 is 0 Å². The smallest absolute Gasteiger partial charge is 0.0333 e. The zero-order chi connectivity index (χ0) is 14.1. The van der Waals surface area contributed by atoms with Gasteiger partial charge in [-0.05, 0) is 36.9 Å². The second-order valence-corrected chi connectivity index (χ2v) is 6.01. The molecule has 0 saturated heterocycles. The first-order valence-electron chi connectivity index (χ1n) is 7.62. The molecule has 0 aliphatic heterocycles. The summed E-state index contributed by atoms with van der Waals surface area (Å²) in [5.41, 5.74) is 7.51. The summed E-state index contributed by atoms with van der Waals surface area (Å²) in [4.78, 5) is 0. The third-order valence-corrected chi connectivity index (χ3v) is 3.65. The molecule has 0 aromatic heterocycles. The lowest BCUT2D eigenvalue weighted by Gasteiger charge is -2.20. The summed E-state index contributed by atoms with van der Waals surface area (Å²) in [5.74, 6) is 1.29. The summed E-state index contributed by atoms with van der Waals surface area (Å²) in [6, 6.07) is 10.5. The molecule has 19 heavy (non-hydrogen) atoms. The van der Waals surface area contributed by atoms with Gasteiger partial charge in [-0.15, -0.1) is 0 Å². The van der Waals surface area contributed by atoms with Crippen LogP contribution in [0.1, 0.15) is 51.6 Å². The second-order valence-electron chi connectivity index (χ2n) is 6.01. The monoisotopic (exact) mass is 262 g/mol. The standard InChI is InChI=1S/C17H30N2/c1-14(2)9-7-8-12-19-13-15(3)17(18)16-10-5-4-6-11-16/h4-6,10-11,14-15,17,19H,7-9,12-13,18H2,1-3H3. The van der Waals surface area contributed by atoms with Crippen molar-refractivity contribution in [2.45, 2.75) is 46.1 Å². The van der Waals surface area contributed by atoms with E-state index in [1.54, 1.807) is 0 Å². The molecular weight excluding hydrogens is 232 g/mol. The van der Waals surface area contributed by atoms with E-state index in [-0.39, 0.29) is 6.04 Å². The molecule has 1 rings (SSSR count). The molecule has 0 saturated carbocycles. The Bertz CT molecular complexity index is 321. The van der Waals surface area contributed by atoms with E-state index in [2.05, 4.69) is 50.4 Å². The van der Waals surface area contributed by atoms with E-state index in [1.807, 2.05) is 6.07 Å². The fourth-order valence-corrected chi connectivity index (χ4v) is 2.26. The number of nitrogens with one attached hydrogen (secondary N) is 1. The number of nitrogens with two attached hydrogens (primary N) is 1. The van der Waals surface area contributed by atoms with E-state index in [9.17, 15) is 0 Å². The van der Waals surface area contributed by atoms with Crippen molar-refractivity contribution in [3.63, 3.8) is 0 Å². The van der Waals surface area contributed by atoms with E-state index in [4.69, 9.17) is 5.73 Å². The third-order valence-electron chi connectivity index (χ3n) is 3.65. The van der Waals surface area contributed by atoms with Crippen LogP contribution in [0.5, 0.6) is 0 Å². The summed E-state index contributed by atoms with van der Waals surface area (Å²) < 4.78 is 0. The lowest BCUT2D eigenvalue weighted by Crippen LogP contribution is -2.30. The maximum Gasteiger partial charge on any atom is 0.0333 e. The zero-order valence-corrected chi connectivity index (χ0v) is 12.7. The number of hydrogen-bond acceptors (Lipinski definition) is 2. The van der Waals surface area contributed by atoms with Crippen LogP contribution in [0.3, 0.4) is 0 Å². The van der Waals surface area contributed by atoms with Gasteiger partial charge in [0, 0.05) is 6.04 Å². The largest absolute Gasteiger partial charge is 0.324 e. The van der Waals surface area contributed by atoms with E-state index in [1.165, 1.54) is 24.8 Å². The van der Waals surface area contributed by atoms with Crippen LogP contribution in [0.2, 0.25) is 0 Å². The fraction of sp³-hybridized carbons (Fsp3) is 0.647. The molecule has 2 atom stereocenters. The Morgan fingerprint density at radius 1 is 1.05 bits per heavy atom. The highest BCUT2D eigenvalue weighted by atomic mass is 14.9. The first-order valence-corrected chi connectivity index (χ1v) is 7.62. The number of rotatable bonds is 9. The lowest BCUT2D eigenvalue weighted by molar-refractivity contribution is 0.427. The lowest BCUT2D eigenvalue weighted by atomic mass is 9.95. The number of hydrogen-bond donors (Lipinski definition) is 2. The molecule has 2 nitrogen and oxygen atoms in total. The van der Waals surface area contributed by atoms with Crippen molar-refractivity contribution in [2.75, 3.05) is 13.1 Å². The highest BCUT2D eigenvalue weighted by Crippen LogP contribution is 2.18. The zero-order valence-electron chi connectivity index (χ0n) is 12.7. The minimum atomic E-state index is 0.129. The van der Waals surface area contributed by atoms with E-state index >= 15 is 0 Å². The molecule has 0 heterocycles. The molecule has 0 aliphatic carbocycles. The topological polar surface area (TPSA) is 38.0 Å². The third kappa shape index (κ3) is 6.74. The summed E-state index contributed by atoms with van der Waals surface area (Å²) in [7, 11) is 0. The summed E-state index contributed by atoms with van der Waals surface area (Å²) in [6.45, 7) is 8.90. The molecule has 3 N–H and O–H groups in total. The van der Waals surface area contributed by atoms with Crippen molar-refractivity contribution in [3.05, 3.63) is 35.9 Å². The molecule has 0 fully saturated rings. The molecule has 1 aromatic rings. The highest BCUT2D eigenvalue weighted by molar-refractivity contribution is 5.19. The molecule has 2 unspecified atom stereocenters. The van der Waals surface area contributed by atoms with Gasteiger partial charge in [-0.2, -0.15) is 0 Å². The predicted octanol–water partition coefficient (Wildman–Crippen LogP) is 3.74. The van der Waals surface area contributed by atoms with Crippen LogP contribution in [0.4, 0.5) is 0 Å². The van der Waals surface area contributed by atoms with Crippen LogP contribution < -0.4 is 11.1 Å². The molecule has 0 amide bonds. The first kappa shape index (κ1) is 16.2. The average molecular weight is 262 g/mol. The second kappa shape index (κ2) is 9.11. The van der Waals surface area contributed by atoms with Crippen LogP contribution in [0.15, 0.2) is 30.3 Å². The SMILES string of the molecule is CC(C)CCCCNCC(C)C(N)c1ccccc1. The van der Waals surface area contributed by atoms with Gasteiger partial charge in [0.2, 0.25) is 0 Å². The van der Waals surface area contributed by atoms with Gasteiger partial charge in [-0.3, -0.25) is 0 Å². The van der Waals surface area contributed by atoms with Crippen molar-refractivity contribution in [2.24, 2.45) is 17.6 Å². The van der Waals surface area contributed by atoms with Crippen molar-refractivity contribution in [1.82, 2.24) is 5.32 Å². The first-order chi connectivity index (χ1) is 9.11. The summed E-state index contributed by atoms with van der Waals surface area (Å²) in [6.07, 6.45) is 3.93. The highest BCUT2D eigenvalue weighted by Gasteiger charge is 2.13. The minimum absolute atomic E-state index is 0.129. The molecule has 0 aliphatic rings. The van der Waals surface area contributed by atoms with Crippen molar-refractivity contribution >= 4 is 0 Å².